The van der Waals surface area contributed by atoms with Gasteiger partial charge in [-0.1, -0.05) is 30.3 Å². The van der Waals surface area contributed by atoms with E-state index in [9.17, 15) is 5.11 Å². The SMILES string of the molecule is C=C[C@H]1[C@@H]2CC[C@@H](CN2)N1c1nc(OCC2(CN(C)C)CC2)nc2c(F)c(-c3cc(O)cc4ccccc34)c(F)cc12. The molecule has 218 valence electrons. The van der Waals surface area contributed by atoms with Crippen LogP contribution < -0.4 is 15.0 Å². The average Bonchev–Trinajstić information content (AvgIpc) is 3.74. The molecule has 0 unspecified atom stereocenters. The first kappa shape index (κ1) is 27.0. The summed E-state index contributed by atoms with van der Waals surface area (Å²) in [6.45, 7) is 6.12. The van der Waals surface area contributed by atoms with Crippen LogP contribution in [0.1, 0.15) is 25.7 Å². The summed E-state index contributed by atoms with van der Waals surface area (Å²) in [5, 5.41) is 15.6. The van der Waals surface area contributed by atoms with Crippen molar-refractivity contribution in [2.45, 2.75) is 43.8 Å². The molecule has 3 aliphatic heterocycles. The first-order valence-electron chi connectivity index (χ1n) is 14.6. The topological polar surface area (TPSA) is 73.8 Å². The zero-order chi connectivity index (χ0) is 29.2. The standard InChI is InChI=1S/C33H35F2N5O2/c1-4-27-26-10-9-20(16-36-26)40(27)31-24-15-25(34)28(23-14-21(41)13-19-7-5-6-8-22(19)23)29(35)30(24)37-32(38-31)42-18-33(11-12-33)17-39(2)3/h4-8,13-15,20,26-27,36,41H,1,9-12,16-18H2,2-3H3/t20-,26-,27-/m0/s1. The number of piperazine rings is 1. The van der Waals surface area contributed by atoms with Gasteiger partial charge < -0.3 is 25.0 Å². The van der Waals surface area contributed by atoms with E-state index in [1.807, 2.05) is 32.3 Å². The number of rotatable bonds is 8. The lowest BCUT2D eigenvalue weighted by Gasteiger charge is -2.51. The van der Waals surface area contributed by atoms with Crippen LogP contribution in [0.25, 0.3) is 32.8 Å². The monoisotopic (exact) mass is 571 g/mol. The lowest BCUT2D eigenvalue weighted by atomic mass is 9.86. The Morgan fingerprint density at radius 3 is 2.67 bits per heavy atom. The van der Waals surface area contributed by atoms with E-state index in [2.05, 4.69) is 26.7 Å². The molecule has 0 radical (unpaired) electrons. The molecule has 3 saturated heterocycles. The molecule has 0 amide bonds. The van der Waals surface area contributed by atoms with E-state index < -0.39 is 11.6 Å². The fourth-order valence-electron chi connectivity index (χ4n) is 7.00. The van der Waals surface area contributed by atoms with E-state index in [0.29, 0.717) is 28.6 Å². The third-order valence-corrected chi connectivity index (χ3v) is 9.11. The second-order valence-corrected chi connectivity index (χ2v) is 12.4. The predicted molar refractivity (Wildman–Crippen MR) is 161 cm³/mol. The Morgan fingerprint density at radius 1 is 1.14 bits per heavy atom. The first-order chi connectivity index (χ1) is 20.3. The first-order valence-corrected chi connectivity index (χ1v) is 14.6. The van der Waals surface area contributed by atoms with Crippen LogP contribution in [-0.2, 0) is 0 Å². The quantitative estimate of drug-likeness (QED) is 0.265. The molecule has 2 bridgehead atoms. The van der Waals surface area contributed by atoms with E-state index >= 15 is 8.78 Å². The maximum Gasteiger partial charge on any atom is 0.319 e. The number of anilines is 1. The zero-order valence-corrected chi connectivity index (χ0v) is 23.9. The molecule has 2 N–H and O–H groups in total. The van der Waals surface area contributed by atoms with Crippen molar-refractivity contribution in [3.63, 3.8) is 0 Å². The molecule has 4 fully saturated rings. The Bertz CT molecular complexity index is 1700. The molecule has 4 aromatic rings. The number of aromatic hydroxyl groups is 1. The van der Waals surface area contributed by atoms with Gasteiger partial charge >= 0.3 is 6.01 Å². The van der Waals surface area contributed by atoms with Crippen LogP contribution in [0.5, 0.6) is 11.8 Å². The number of hydrogen-bond donors (Lipinski definition) is 2. The third kappa shape index (κ3) is 4.55. The Balaban J connectivity index is 1.42. The number of nitrogens with zero attached hydrogens (tertiary/aromatic N) is 4. The van der Waals surface area contributed by atoms with E-state index in [1.54, 1.807) is 18.2 Å². The number of phenols is 1. The molecule has 9 heteroatoms. The molecule has 0 spiro atoms. The second kappa shape index (κ2) is 10.2. The summed E-state index contributed by atoms with van der Waals surface area (Å²) in [5.41, 5.74) is 0.0394. The van der Waals surface area contributed by atoms with Gasteiger partial charge in [-0.05, 0) is 74.3 Å². The molecule has 1 saturated carbocycles. The number of benzene rings is 3. The molecular weight excluding hydrogens is 536 g/mol. The highest BCUT2D eigenvalue weighted by Gasteiger charge is 2.45. The van der Waals surface area contributed by atoms with E-state index in [1.165, 1.54) is 12.1 Å². The molecule has 42 heavy (non-hydrogen) atoms. The molecule has 4 aliphatic rings. The summed E-state index contributed by atoms with van der Waals surface area (Å²) < 4.78 is 39.0. The Morgan fingerprint density at radius 2 is 1.95 bits per heavy atom. The highest BCUT2D eigenvalue weighted by molar-refractivity contribution is 6.01. The number of hydrogen-bond acceptors (Lipinski definition) is 7. The number of nitrogens with one attached hydrogen (secondary N) is 1. The molecule has 3 aromatic carbocycles. The van der Waals surface area contributed by atoms with Crippen molar-refractivity contribution in [3.05, 3.63) is 66.8 Å². The minimum atomic E-state index is -0.806. The largest absolute Gasteiger partial charge is 0.508 e. The smallest absolute Gasteiger partial charge is 0.319 e. The van der Waals surface area contributed by atoms with Crippen LogP contribution in [0.2, 0.25) is 0 Å². The van der Waals surface area contributed by atoms with E-state index in [4.69, 9.17) is 9.72 Å². The van der Waals surface area contributed by atoms with Crippen molar-refractivity contribution in [3.8, 4) is 22.9 Å². The van der Waals surface area contributed by atoms with Crippen LogP contribution in [0.15, 0.2) is 55.1 Å². The highest BCUT2D eigenvalue weighted by Crippen LogP contribution is 2.47. The van der Waals surface area contributed by atoms with Crippen molar-refractivity contribution in [1.29, 1.82) is 0 Å². The van der Waals surface area contributed by atoms with Gasteiger partial charge in [0.25, 0.3) is 0 Å². The average molecular weight is 572 g/mol. The number of phenolic OH excluding ortho intramolecular Hbond substituents is 1. The van der Waals surface area contributed by atoms with Gasteiger partial charge in [-0.25, -0.2) is 8.78 Å². The highest BCUT2D eigenvalue weighted by atomic mass is 19.1. The Labute approximate surface area is 243 Å². The van der Waals surface area contributed by atoms with Crippen molar-refractivity contribution in [2.24, 2.45) is 5.41 Å². The predicted octanol–water partition coefficient (Wildman–Crippen LogP) is 5.65. The summed E-state index contributed by atoms with van der Waals surface area (Å²) in [6, 6.07) is 11.8. The third-order valence-electron chi connectivity index (χ3n) is 9.11. The lowest BCUT2D eigenvalue weighted by molar-refractivity contribution is 0.183. The number of fused-ring (bicyclic) bond motifs is 5. The normalized spacial score (nSPS) is 22.7. The fourth-order valence-corrected chi connectivity index (χ4v) is 7.00. The van der Waals surface area contributed by atoms with Crippen LogP contribution in [0.3, 0.4) is 0 Å². The zero-order valence-electron chi connectivity index (χ0n) is 23.9. The van der Waals surface area contributed by atoms with Gasteiger partial charge in [0.2, 0.25) is 0 Å². The van der Waals surface area contributed by atoms with Crippen molar-refractivity contribution in [1.82, 2.24) is 20.2 Å². The van der Waals surface area contributed by atoms with Crippen LogP contribution in [-0.4, -0.2) is 71.9 Å². The summed E-state index contributed by atoms with van der Waals surface area (Å²) in [5.74, 6) is -1.17. The van der Waals surface area contributed by atoms with E-state index in [-0.39, 0.29) is 51.9 Å². The number of ether oxygens (including phenoxy) is 1. The number of aromatic nitrogens is 2. The maximum absolute atomic E-state index is 16.7. The molecule has 7 nitrogen and oxygen atoms in total. The summed E-state index contributed by atoms with van der Waals surface area (Å²) in [4.78, 5) is 13.7. The summed E-state index contributed by atoms with van der Waals surface area (Å²) >= 11 is 0. The van der Waals surface area contributed by atoms with Gasteiger partial charge in [0.05, 0.1) is 18.2 Å². The molecule has 1 aliphatic carbocycles. The van der Waals surface area contributed by atoms with Crippen LogP contribution in [0.4, 0.5) is 14.6 Å². The Hall–Kier alpha value is -3.82. The summed E-state index contributed by atoms with van der Waals surface area (Å²) in [6.07, 6.45) is 5.90. The van der Waals surface area contributed by atoms with Gasteiger partial charge in [-0.15, -0.1) is 6.58 Å². The lowest BCUT2D eigenvalue weighted by Crippen LogP contribution is -2.66. The molecule has 3 atom stereocenters. The van der Waals surface area contributed by atoms with Gasteiger partial charge in [0.1, 0.15) is 22.9 Å². The van der Waals surface area contributed by atoms with E-state index in [0.717, 1.165) is 38.8 Å². The minimum absolute atomic E-state index is 0.00602. The number of piperidine rings is 2. The summed E-state index contributed by atoms with van der Waals surface area (Å²) in [7, 11) is 4.08. The fraction of sp³-hybridized carbons (Fsp3) is 0.394. The molecule has 4 heterocycles. The number of halogens is 2. The minimum Gasteiger partial charge on any atom is -0.508 e. The van der Waals surface area contributed by atoms with Gasteiger partial charge in [-0.2, -0.15) is 9.97 Å². The van der Waals surface area contributed by atoms with Gasteiger partial charge in [0, 0.05) is 36.0 Å². The second-order valence-electron chi connectivity index (χ2n) is 12.4. The van der Waals surface area contributed by atoms with Crippen molar-refractivity contribution in [2.75, 3.05) is 38.7 Å². The molecular formula is C33H35F2N5O2. The maximum atomic E-state index is 16.7. The van der Waals surface area contributed by atoms with Crippen molar-refractivity contribution < 1.29 is 18.6 Å². The van der Waals surface area contributed by atoms with Crippen LogP contribution >= 0.6 is 0 Å². The van der Waals surface area contributed by atoms with Crippen LogP contribution in [0, 0.1) is 17.0 Å². The molecule has 8 rings (SSSR count). The van der Waals surface area contributed by atoms with Crippen molar-refractivity contribution >= 4 is 27.5 Å². The Kier molecular flexibility index (Phi) is 6.55. The van der Waals surface area contributed by atoms with Gasteiger partial charge in [-0.3, -0.25) is 0 Å². The molecule has 1 aromatic heterocycles. The van der Waals surface area contributed by atoms with Gasteiger partial charge in [0.15, 0.2) is 5.82 Å².